The Kier molecular flexibility index (Phi) is 2.54. The lowest BCUT2D eigenvalue weighted by atomic mass is 9.94. The molecule has 2 N–H and O–H groups in total. The zero-order valence-electron chi connectivity index (χ0n) is 10.6. The molecular weight excluding hydrogens is 229 g/mol. The van der Waals surface area contributed by atoms with E-state index >= 15 is 0 Å². The number of rotatable bonds is 1. The minimum Gasteiger partial charge on any atom is -0.369 e. The smallest absolute Gasteiger partial charge is 0.196 e. The zero-order chi connectivity index (χ0) is 12.8. The van der Waals surface area contributed by atoms with Crippen LogP contribution in [-0.2, 0) is 0 Å². The lowest BCUT2D eigenvalue weighted by molar-refractivity contribution is 0.451. The van der Waals surface area contributed by atoms with E-state index in [0.717, 1.165) is 25.1 Å². The summed E-state index contributed by atoms with van der Waals surface area (Å²) < 4.78 is 13.0. The second kappa shape index (κ2) is 3.97. The van der Waals surface area contributed by atoms with Crippen molar-refractivity contribution in [3.8, 4) is 0 Å². The number of hydrogen-bond acceptors (Lipinski definition) is 3. The van der Waals surface area contributed by atoms with Crippen LogP contribution in [0.25, 0.3) is 0 Å². The number of anilines is 1. The van der Waals surface area contributed by atoms with Gasteiger partial charge in [-0.15, -0.1) is 0 Å². The maximum absolute atomic E-state index is 13.0. The quantitative estimate of drug-likeness (QED) is 0.828. The van der Waals surface area contributed by atoms with Crippen molar-refractivity contribution in [3.05, 3.63) is 30.1 Å². The average Bonchev–Trinajstić information content (AvgIpc) is 2.86. The molecule has 1 aliphatic heterocycles. The summed E-state index contributed by atoms with van der Waals surface area (Å²) >= 11 is 0. The predicted octanol–water partition coefficient (Wildman–Crippen LogP) is 2.52. The number of benzene rings is 1. The number of nitrogens with two attached hydrogens (primary N) is 1. The fourth-order valence-electron chi connectivity index (χ4n) is 3.32. The van der Waals surface area contributed by atoms with E-state index in [9.17, 15) is 4.39 Å². The summed E-state index contributed by atoms with van der Waals surface area (Å²) in [5, 5.41) is 0. The van der Waals surface area contributed by atoms with Gasteiger partial charge in [-0.1, -0.05) is 6.92 Å². The molecule has 1 spiro atoms. The van der Waals surface area contributed by atoms with Crippen LogP contribution < -0.4 is 10.6 Å². The molecule has 0 aromatic heterocycles. The molecule has 18 heavy (non-hydrogen) atoms. The van der Waals surface area contributed by atoms with Crippen LogP contribution in [0.15, 0.2) is 29.3 Å². The van der Waals surface area contributed by atoms with Gasteiger partial charge in [0.05, 0.1) is 12.1 Å². The summed E-state index contributed by atoms with van der Waals surface area (Å²) in [5.41, 5.74) is 7.01. The molecule has 0 radical (unpaired) electrons. The fraction of sp³-hybridized carbons (Fsp3) is 0.500. The molecule has 2 unspecified atom stereocenters. The molecule has 2 atom stereocenters. The second-order valence-electron chi connectivity index (χ2n) is 5.56. The Morgan fingerprint density at radius 2 is 2.11 bits per heavy atom. The van der Waals surface area contributed by atoms with E-state index in [2.05, 4.69) is 16.8 Å². The molecule has 3 nitrogen and oxygen atoms in total. The summed E-state index contributed by atoms with van der Waals surface area (Å²) in [6.45, 7) is 3.03. The van der Waals surface area contributed by atoms with E-state index in [-0.39, 0.29) is 11.4 Å². The minimum absolute atomic E-state index is 0.0291. The van der Waals surface area contributed by atoms with Crippen LogP contribution in [0, 0.1) is 11.7 Å². The number of aliphatic imine (C=N–C) groups is 1. The van der Waals surface area contributed by atoms with Crippen LogP contribution in [0.4, 0.5) is 10.1 Å². The Balaban J connectivity index is 1.97. The number of halogens is 1. The van der Waals surface area contributed by atoms with Gasteiger partial charge in [-0.2, -0.15) is 0 Å². The van der Waals surface area contributed by atoms with E-state index in [4.69, 9.17) is 5.73 Å². The first-order chi connectivity index (χ1) is 8.61. The molecule has 4 heteroatoms. The van der Waals surface area contributed by atoms with Gasteiger partial charge in [-0.3, -0.25) is 4.99 Å². The van der Waals surface area contributed by atoms with Crippen molar-refractivity contribution in [2.75, 3.05) is 11.4 Å². The van der Waals surface area contributed by atoms with Crippen molar-refractivity contribution in [2.45, 2.75) is 31.7 Å². The van der Waals surface area contributed by atoms with Crippen molar-refractivity contribution in [1.82, 2.24) is 0 Å². The Hall–Kier alpha value is -1.58. The van der Waals surface area contributed by atoms with E-state index < -0.39 is 0 Å². The van der Waals surface area contributed by atoms with Gasteiger partial charge in [0.15, 0.2) is 5.96 Å². The van der Waals surface area contributed by atoms with Crippen molar-refractivity contribution in [1.29, 1.82) is 0 Å². The van der Waals surface area contributed by atoms with E-state index in [1.54, 1.807) is 12.1 Å². The van der Waals surface area contributed by atoms with Crippen LogP contribution in [0.1, 0.15) is 26.2 Å². The van der Waals surface area contributed by atoms with Gasteiger partial charge in [0, 0.05) is 5.69 Å². The summed E-state index contributed by atoms with van der Waals surface area (Å²) in [5.74, 6) is 1.05. The lowest BCUT2D eigenvalue weighted by Crippen LogP contribution is -2.50. The van der Waals surface area contributed by atoms with E-state index in [1.807, 2.05) is 0 Å². The summed E-state index contributed by atoms with van der Waals surface area (Å²) in [6, 6.07) is 6.53. The lowest BCUT2D eigenvalue weighted by Gasteiger charge is -2.36. The molecule has 2 aliphatic rings. The van der Waals surface area contributed by atoms with Crippen molar-refractivity contribution < 1.29 is 4.39 Å². The molecule has 1 fully saturated rings. The van der Waals surface area contributed by atoms with Crippen LogP contribution >= 0.6 is 0 Å². The van der Waals surface area contributed by atoms with Gasteiger partial charge < -0.3 is 10.6 Å². The SMILES string of the molecule is CC1CCC2(CN=C(N)N2c2ccc(F)cc2)C1. The molecule has 0 saturated heterocycles. The summed E-state index contributed by atoms with van der Waals surface area (Å²) in [7, 11) is 0. The largest absolute Gasteiger partial charge is 0.369 e. The van der Waals surface area contributed by atoms with Gasteiger partial charge in [-0.05, 0) is 49.4 Å². The second-order valence-corrected chi connectivity index (χ2v) is 5.56. The predicted molar refractivity (Wildman–Crippen MR) is 71.1 cm³/mol. The molecule has 1 saturated carbocycles. The fourth-order valence-corrected chi connectivity index (χ4v) is 3.32. The third-order valence-electron chi connectivity index (χ3n) is 4.15. The molecule has 1 heterocycles. The average molecular weight is 247 g/mol. The Labute approximate surface area is 106 Å². The van der Waals surface area contributed by atoms with Crippen molar-refractivity contribution in [2.24, 2.45) is 16.6 Å². The monoisotopic (exact) mass is 247 g/mol. The van der Waals surface area contributed by atoms with Crippen LogP contribution in [0.3, 0.4) is 0 Å². The highest BCUT2D eigenvalue weighted by atomic mass is 19.1. The van der Waals surface area contributed by atoms with Crippen molar-refractivity contribution >= 4 is 11.6 Å². The Morgan fingerprint density at radius 1 is 1.39 bits per heavy atom. The van der Waals surface area contributed by atoms with Crippen LogP contribution in [-0.4, -0.2) is 18.0 Å². The molecule has 1 aromatic rings. The minimum atomic E-state index is -0.220. The molecule has 1 aromatic carbocycles. The van der Waals surface area contributed by atoms with Gasteiger partial charge in [0.2, 0.25) is 0 Å². The molecular formula is C14H18FN3. The molecule has 96 valence electrons. The van der Waals surface area contributed by atoms with E-state index in [1.165, 1.54) is 18.6 Å². The Bertz CT molecular complexity index is 482. The highest BCUT2D eigenvalue weighted by molar-refractivity contribution is 5.98. The first-order valence-corrected chi connectivity index (χ1v) is 6.46. The van der Waals surface area contributed by atoms with Crippen LogP contribution in [0.2, 0.25) is 0 Å². The highest BCUT2D eigenvalue weighted by Crippen LogP contribution is 2.43. The number of hydrogen-bond donors (Lipinski definition) is 1. The molecule has 3 rings (SSSR count). The summed E-state index contributed by atoms with van der Waals surface area (Å²) in [4.78, 5) is 6.52. The first-order valence-electron chi connectivity index (χ1n) is 6.46. The normalized spacial score (nSPS) is 31.1. The topological polar surface area (TPSA) is 41.6 Å². The van der Waals surface area contributed by atoms with Gasteiger partial charge in [0.25, 0.3) is 0 Å². The molecule has 1 aliphatic carbocycles. The summed E-state index contributed by atoms with van der Waals surface area (Å²) in [6.07, 6.45) is 3.42. The number of guanidine groups is 1. The van der Waals surface area contributed by atoms with Crippen molar-refractivity contribution in [3.63, 3.8) is 0 Å². The van der Waals surface area contributed by atoms with Gasteiger partial charge in [0.1, 0.15) is 5.82 Å². The third kappa shape index (κ3) is 1.67. The molecule has 0 bridgehead atoms. The first kappa shape index (κ1) is 11.5. The maximum atomic E-state index is 13.0. The van der Waals surface area contributed by atoms with Gasteiger partial charge in [-0.25, -0.2) is 4.39 Å². The standard InChI is InChI=1S/C14H18FN3/c1-10-6-7-14(8-10)9-17-13(16)18(14)12-4-2-11(15)3-5-12/h2-5,10H,6-9H2,1H3,(H2,16,17). The number of nitrogens with zero attached hydrogens (tertiary/aromatic N) is 2. The Morgan fingerprint density at radius 3 is 2.72 bits per heavy atom. The highest BCUT2D eigenvalue weighted by Gasteiger charge is 2.47. The third-order valence-corrected chi connectivity index (χ3v) is 4.15. The van der Waals surface area contributed by atoms with E-state index in [0.29, 0.717) is 11.9 Å². The molecule has 0 amide bonds. The van der Waals surface area contributed by atoms with Crippen LogP contribution in [0.5, 0.6) is 0 Å². The van der Waals surface area contributed by atoms with Gasteiger partial charge >= 0.3 is 0 Å². The maximum Gasteiger partial charge on any atom is 0.196 e. The zero-order valence-corrected chi connectivity index (χ0v) is 10.6.